The summed E-state index contributed by atoms with van der Waals surface area (Å²) in [5, 5.41) is 18.6. The van der Waals surface area contributed by atoms with Crippen LogP contribution in [0.1, 0.15) is 29.9 Å². The number of nitrogens with zero attached hydrogens (tertiary/aromatic N) is 4. The Morgan fingerprint density at radius 1 is 1.14 bits per heavy atom. The van der Waals surface area contributed by atoms with Crippen molar-refractivity contribution in [2.75, 3.05) is 44.9 Å². The Balaban J connectivity index is 2.06. The van der Waals surface area contributed by atoms with E-state index >= 15 is 0 Å². The van der Waals surface area contributed by atoms with Gasteiger partial charge in [0.05, 0.1) is 31.1 Å². The first kappa shape index (κ1) is 22.0. The summed E-state index contributed by atoms with van der Waals surface area (Å²) in [6.07, 6.45) is 0.893. The van der Waals surface area contributed by atoms with Crippen molar-refractivity contribution in [3.05, 3.63) is 40.3 Å². The van der Waals surface area contributed by atoms with Gasteiger partial charge in [0.2, 0.25) is 0 Å². The van der Waals surface area contributed by atoms with Crippen LogP contribution in [0, 0.1) is 18.3 Å². The first-order valence-corrected chi connectivity index (χ1v) is 10.3. The van der Waals surface area contributed by atoms with Crippen molar-refractivity contribution in [2.45, 2.75) is 27.2 Å². The van der Waals surface area contributed by atoms with Crippen LogP contribution in [0.5, 0.6) is 0 Å². The summed E-state index contributed by atoms with van der Waals surface area (Å²) in [6.45, 7) is 9.82. The zero-order chi connectivity index (χ0) is 20.4. The molecule has 2 rings (SSSR count). The van der Waals surface area contributed by atoms with E-state index in [0.717, 1.165) is 41.3 Å². The van der Waals surface area contributed by atoms with Gasteiger partial charge in [-0.15, -0.1) is 21.6 Å². The largest absolute Gasteiger partial charge is 0.382 e. The molecule has 150 valence electrons. The van der Waals surface area contributed by atoms with Crippen molar-refractivity contribution >= 4 is 27.7 Å². The number of ether oxygens (including phenoxy) is 2. The number of benzene rings is 1. The second-order valence-corrected chi connectivity index (χ2v) is 7.37. The second kappa shape index (κ2) is 11.5. The number of anilines is 1. The smallest absolute Gasteiger partial charge is 0.156 e. The number of nitriles is 1. The molecule has 1 aromatic carbocycles. The monoisotopic (exact) mass is 400 g/mol. The highest BCUT2D eigenvalue weighted by Crippen LogP contribution is 2.33. The average molecular weight is 401 g/mol. The molecule has 0 aliphatic rings. The van der Waals surface area contributed by atoms with E-state index in [-0.39, 0.29) is 0 Å². The molecule has 0 aliphatic heterocycles. The van der Waals surface area contributed by atoms with Crippen molar-refractivity contribution < 1.29 is 9.47 Å². The normalized spacial score (nSPS) is 11.1. The molecule has 0 spiro atoms. The molecular weight excluding hydrogens is 372 g/mol. The fourth-order valence-electron chi connectivity index (χ4n) is 2.70. The summed E-state index contributed by atoms with van der Waals surface area (Å²) in [7, 11) is 1.67. The summed E-state index contributed by atoms with van der Waals surface area (Å²) in [6, 6.07) is 10.2. The standard InChI is InChI=1S/C21H28N4O2S/c1-5-19-14-17(15-22)21(28-19)24-23-20-8-7-18(13-16(20)3)25(6-2)9-10-27-12-11-26-4/h7-8,13-14H,5-6,9-12H2,1-4H3. The number of methoxy groups -OCH3 is 1. The highest BCUT2D eigenvalue weighted by molar-refractivity contribution is 7.16. The topological polar surface area (TPSA) is 70.2 Å². The Morgan fingerprint density at radius 2 is 1.96 bits per heavy atom. The van der Waals surface area contributed by atoms with Crippen molar-refractivity contribution in [2.24, 2.45) is 10.2 Å². The minimum atomic E-state index is 0.588. The van der Waals surface area contributed by atoms with Gasteiger partial charge in [0.25, 0.3) is 0 Å². The number of aryl methyl sites for hydroxylation is 2. The van der Waals surface area contributed by atoms with E-state index in [1.54, 1.807) is 7.11 Å². The lowest BCUT2D eigenvalue weighted by atomic mass is 10.1. The third-order valence-corrected chi connectivity index (χ3v) is 5.51. The zero-order valence-electron chi connectivity index (χ0n) is 17.1. The number of hydrogen-bond donors (Lipinski definition) is 0. The van der Waals surface area contributed by atoms with Gasteiger partial charge in [-0.05, 0) is 50.1 Å². The molecule has 7 heteroatoms. The quantitative estimate of drug-likeness (QED) is 0.374. The number of rotatable bonds is 11. The lowest BCUT2D eigenvalue weighted by molar-refractivity contribution is 0.0741. The van der Waals surface area contributed by atoms with Gasteiger partial charge < -0.3 is 14.4 Å². The summed E-state index contributed by atoms with van der Waals surface area (Å²) in [5.74, 6) is 0. The zero-order valence-corrected chi connectivity index (χ0v) is 17.9. The van der Waals surface area contributed by atoms with Crippen molar-refractivity contribution in [1.82, 2.24) is 0 Å². The third-order valence-electron chi connectivity index (χ3n) is 4.35. The predicted octanol–water partition coefficient (Wildman–Crippen LogP) is 5.40. The molecule has 0 N–H and O–H groups in total. The minimum absolute atomic E-state index is 0.588. The van der Waals surface area contributed by atoms with Crippen LogP contribution in [0.3, 0.4) is 0 Å². The SMILES string of the molecule is CCc1cc(C#N)c(N=Nc2ccc(N(CC)CCOCCOC)cc2C)s1. The first-order valence-electron chi connectivity index (χ1n) is 9.49. The summed E-state index contributed by atoms with van der Waals surface area (Å²) >= 11 is 1.52. The molecule has 0 atom stereocenters. The highest BCUT2D eigenvalue weighted by atomic mass is 32.1. The maximum Gasteiger partial charge on any atom is 0.156 e. The molecule has 6 nitrogen and oxygen atoms in total. The number of azo groups is 1. The van der Waals surface area contributed by atoms with Crippen LogP contribution in [-0.4, -0.2) is 40.0 Å². The summed E-state index contributed by atoms with van der Waals surface area (Å²) in [5.41, 5.74) is 3.58. The van der Waals surface area contributed by atoms with E-state index in [2.05, 4.69) is 47.2 Å². The molecule has 2 aromatic rings. The molecule has 0 bridgehead atoms. The summed E-state index contributed by atoms with van der Waals surface area (Å²) < 4.78 is 10.6. The first-order chi connectivity index (χ1) is 13.6. The fourth-order valence-corrected chi connectivity index (χ4v) is 3.56. The predicted molar refractivity (Wildman–Crippen MR) is 114 cm³/mol. The Morgan fingerprint density at radius 3 is 2.61 bits per heavy atom. The lowest BCUT2D eigenvalue weighted by Gasteiger charge is -2.23. The Kier molecular flexibility index (Phi) is 9.08. The fraction of sp³-hybridized carbons (Fsp3) is 0.476. The van der Waals surface area contributed by atoms with Gasteiger partial charge in [-0.25, -0.2) is 0 Å². The molecule has 1 aromatic heterocycles. The molecule has 0 amide bonds. The van der Waals surface area contributed by atoms with Gasteiger partial charge >= 0.3 is 0 Å². The second-order valence-electron chi connectivity index (χ2n) is 6.25. The van der Waals surface area contributed by atoms with E-state index in [1.807, 2.05) is 19.1 Å². The number of hydrogen-bond acceptors (Lipinski definition) is 7. The molecule has 0 fully saturated rings. The Bertz CT molecular complexity index is 826. The van der Waals surface area contributed by atoms with E-state index in [1.165, 1.54) is 11.3 Å². The molecule has 0 aliphatic carbocycles. The van der Waals surface area contributed by atoms with Gasteiger partial charge in [-0.3, -0.25) is 0 Å². The molecule has 28 heavy (non-hydrogen) atoms. The number of thiophene rings is 1. The maximum absolute atomic E-state index is 9.25. The van der Waals surface area contributed by atoms with Crippen LogP contribution in [0.15, 0.2) is 34.5 Å². The van der Waals surface area contributed by atoms with Crippen LogP contribution < -0.4 is 4.90 Å². The van der Waals surface area contributed by atoms with E-state index < -0.39 is 0 Å². The molecule has 1 heterocycles. The van der Waals surface area contributed by atoms with Gasteiger partial charge in [0, 0.05) is 30.8 Å². The average Bonchev–Trinajstić information content (AvgIpc) is 3.12. The highest BCUT2D eigenvalue weighted by Gasteiger charge is 2.09. The van der Waals surface area contributed by atoms with Crippen molar-refractivity contribution in [3.8, 4) is 6.07 Å². The van der Waals surface area contributed by atoms with Crippen LogP contribution >= 0.6 is 11.3 Å². The molecule has 0 radical (unpaired) electrons. The van der Waals surface area contributed by atoms with E-state index in [4.69, 9.17) is 9.47 Å². The van der Waals surface area contributed by atoms with E-state index in [9.17, 15) is 5.26 Å². The van der Waals surface area contributed by atoms with Crippen LogP contribution in [-0.2, 0) is 15.9 Å². The minimum Gasteiger partial charge on any atom is -0.382 e. The summed E-state index contributed by atoms with van der Waals surface area (Å²) in [4.78, 5) is 3.41. The molecular formula is C21H28N4O2S. The third kappa shape index (κ3) is 6.13. The maximum atomic E-state index is 9.25. The van der Waals surface area contributed by atoms with E-state index in [0.29, 0.717) is 30.4 Å². The van der Waals surface area contributed by atoms with Crippen LogP contribution in [0.2, 0.25) is 0 Å². The van der Waals surface area contributed by atoms with Crippen LogP contribution in [0.4, 0.5) is 16.4 Å². The lowest BCUT2D eigenvalue weighted by Crippen LogP contribution is -2.27. The molecule has 0 unspecified atom stereocenters. The van der Waals surface area contributed by atoms with Gasteiger partial charge in [0.1, 0.15) is 6.07 Å². The Hall–Kier alpha value is -2.27. The molecule has 0 saturated heterocycles. The van der Waals surface area contributed by atoms with Crippen molar-refractivity contribution in [3.63, 3.8) is 0 Å². The van der Waals surface area contributed by atoms with Gasteiger partial charge in [-0.2, -0.15) is 5.26 Å². The van der Waals surface area contributed by atoms with Gasteiger partial charge in [-0.1, -0.05) is 6.92 Å². The van der Waals surface area contributed by atoms with Crippen molar-refractivity contribution in [1.29, 1.82) is 5.26 Å². The molecule has 0 saturated carbocycles. The number of likely N-dealkylation sites (N-methyl/N-ethyl adjacent to an activating group) is 1. The van der Waals surface area contributed by atoms with Gasteiger partial charge in [0.15, 0.2) is 5.00 Å². The van der Waals surface area contributed by atoms with Crippen LogP contribution in [0.25, 0.3) is 0 Å². The Labute approximate surface area is 171 Å².